The largest absolute Gasteiger partial charge is 0.486 e. The SMILES string of the molecule is O=C(C=Cc1ccc2c(c1)OCO2)N1CCN(S(=O)(=O)c2ccc3c(c2)OCCO3)CC1. The highest BCUT2D eigenvalue weighted by Crippen LogP contribution is 2.34. The van der Waals surface area contributed by atoms with Crippen LogP contribution in [0.3, 0.4) is 0 Å². The molecular weight excluding hydrogens is 436 g/mol. The van der Waals surface area contributed by atoms with Gasteiger partial charge in [0.1, 0.15) is 13.2 Å². The third-order valence-corrected chi connectivity index (χ3v) is 7.41. The maximum atomic E-state index is 13.0. The van der Waals surface area contributed by atoms with E-state index in [4.69, 9.17) is 18.9 Å². The molecule has 3 aliphatic heterocycles. The lowest BCUT2D eigenvalue weighted by molar-refractivity contribution is -0.127. The van der Waals surface area contributed by atoms with Crippen LogP contribution in [0.1, 0.15) is 5.56 Å². The molecule has 0 aliphatic carbocycles. The standard InChI is InChI=1S/C22H22N2O7S/c25-22(6-2-16-1-4-19-20(13-16)31-15-30-19)23-7-9-24(10-8-23)32(26,27)17-3-5-18-21(14-17)29-12-11-28-18/h1-6,13-14H,7-12,15H2. The molecule has 5 rings (SSSR count). The van der Waals surface area contributed by atoms with Gasteiger partial charge in [0, 0.05) is 38.3 Å². The Kier molecular flexibility index (Phi) is 5.40. The fraction of sp³-hybridized carbons (Fsp3) is 0.318. The molecule has 0 atom stereocenters. The molecule has 1 fully saturated rings. The van der Waals surface area contributed by atoms with Gasteiger partial charge < -0.3 is 23.8 Å². The maximum absolute atomic E-state index is 13.0. The average Bonchev–Trinajstić information content (AvgIpc) is 3.30. The topological polar surface area (TPSA) is 94.6 Å². The van der Waals surface area contributed by atoms with Crippen molar-refractivity contribution in [2.24, 2.45) is 0 Å². The molecule has 1 amide bonds. The summed E-state index contributed by atoms with van der Waals surface area (Å²) in [5.74, 6) is 2.14. The quantitative estimate of drug-likeness (QED) is 0.644. The van der Waals surface area contributed by atoms with E-state index in [0.717, 1.165) is 5.56 Å². The minimum absolute atomic E-state index is 0.157. The highest BCUT2D eigenvalue weighted by molar-refractivity contribution is 7.89. The Labute approximate surface area is 185 Å². The summed E-state index contributed by atoms with van der Waals surface area (Å²) < 4.78 is 49.1. The number of fused-ring (bicyclic) bond motifs is 2. The van der Waals surface area contributed by atoms with E-state index in [9.17, 15) is 13.2 Å². The fourth-order valence-electron chi connectivity index (χ4n) is 3.77. The first-order valence-electron chi connectivity index (χ1n) is 10.3. The third-order valence-electron chi connectivity index (χ3n) is 5.52. The van der Waals surface area contributed by atoms with Crippen molar-refractivity contribution in [2.45, 2.75) is 4.90 Å². The van der Waals surface area contributed by atoms with Gasteiger partial charge >= 0.3 is 0 Å². The van der Waals surface area contributed by atoms with Gasteiger partial charge in [-0.15, -0.1) is 0 Å². The Hall–Kier alpha value is -3.24. The number of ether oxygens (including phenoxy) is 4. The number of nitrogens with zero attached hydrogens (tertiary/aromatic N) is 2. The molecule has 9 nitrogen and oxygen atoms in total. The van der Waals surface area contributed by atoms with Crippen LogP contribution in [0.4, 0.5) is 0 Å². The zero-order valence-electron chi connectivity index (χ0n) is 17.2. The second-order valence-electron chi connectivity index (χ2n) is 7.48. The second kappa shape index (κ2) is 8.36. The molecule has 3 aliphatic rings. The highest BCUT2D eigenvalue weighted by atomic mass is 32.2. The number of carbonyl (C=O) groups excluding carboxylic acids is 1. The van der Waals surface area contributed by atoms with Crippen molar-refractivity contribution in [2.75, 3.05) is 46.2 Å². The van der Waals surface area contributed by atoms with Crippen LogP contribution in [-0.4, -0.2) is 69.7 Å². The first-order chi connectivity index (χ1) is 15.5. The predicted molar refractivity (Wildman–Crippen MR) is 114 cm³/mol. The number of carbonyl (C=O) groups is 1. The maximum Gasteiger partial charge on any atom is 0.246 e. The van der Waals surface area contributed by atoms with Crippen LogP contribution in [-0.2, 0) is 14.8 Å². The van der Waals surface area contributed by atoms with E-state index in [1.54, 1.807) is 23.1 Å². The number of amides is 1. The van der Waals surface area contributed by atoms with E-state index in [1.165, 1.54) is 22.5 Å². The fourth-order valence-corrected chi connectivity index (χ4v) is 5.21. The molecule has 0 unspecified atom stereocenters. The first kappa shape index (κ1) is 20.7. The molecule has 0 spiro atoms. The van der Waals surface area contributed by atoms with Gasteiger partial charge in [-0.25, -0.2) is 8.42 Å². The van der Waals surface area contributed by atoms with Crippen LogP contribution in [0.25, 0.3) is 6.08 Å². The summed E-state index contributed by atoms with van der Waals surface area (Å²) in [5.41, 5.74) is 0.822. The van der Waals surface area contributed by atoms with Crippen molar-refractivity contribution >= 4 is 22.0 Å². The van der Waals surface area contributed by atoms with Gasteiger partial charge in [-0.3, -0.25) is 4.79 Å². The molecule has 0 aromatic heterocycles. The van der Waals surface area contributed by atoms with Gasteiger partial charge in [0.15, 0.2) is 23.0 Å². The number of sulfonamides is 1. The molecule has 0 N–H and O–H groups in total. The molecule has 3 heterocycles. The van der Waals surface area contributed by atoms with Crippen molar-refractivity contribution in [1.29, 1.82) is 0 Å². The van der Waals surface area contributed by atoms with E-state index in [2.05, 4.69) is 0 Å². The van der Waals surface area contributed by atoms with E-state index in [1.807, 2.05) is 12.1 Å². The highest BCUT2D eigenvalue weighted by Gasteiger charge is 2.30. The Balaban J connectivity index is 1.21. The van der Waals surface area contributed by atoms with Crippen molar-refractivity contribution in [3.05, 3.63) is 48.0 Å². The van der Waals surface area contributed by atoms with Crippen molar-refractivity contribution in [3.63, 3.8) is 0 Å². The zero-order valence-corrected chi connectivity index (χ0v) is 18.0. The van der Waals surface area contributed by atoms with Crippen molar-refractivity contribution < 1.29 is 32.2 Å². The molecule has 0 bridgehead atoms. The summed E-state index contributed by atoms with van der Waals surface area (Å²) in [7, 11) is -3.69. The molecule has 2 aromatic carbocycles. The van der Waals surface area contributed by atoms with Crippen LogP contribution in [0.2, 0.25) is 0 Å². The monoisotopic (exact) mass is 458 g/mol. The Morgan fingerprint density at radius 1 is 0.812 bits per heavy atom. The smallest absolute Gasteiger partial charge is 0.246 e. The first-order valence-corrected chi connectivity index (χ1v) is 11.7. The Morgan fingerprint density at radius 3 is 2.28 bits per heavy atom. The minimum Gasteiger partial charge on any atom is -0.486 e. The van der Waals surface area contributed by atoms with E-state index in [0.29, 0.717) is 49.3 Å². The van der Waals surface area contributed by atoms with Crippen LogP contribution < -0.4 is 18.9 Å². The van der Waals surface area contributed by atoms with Crippen molar-refractivity contribution in [3.8, 4) is 23.0 Å². The van der Waals surface area contributed by atoms with E-state index >= 15 is 0 Å². The Morgan fingerprint density at radius 2 is 1.47 bits per heavy atom. The summed E-state index contributed by atoms with van der Waals surface area (Å²) in [6, 6.07) is 10.1. The molecule has 2 aromatic rings. The summed E-state index contributed by atoms with van der Waals surface area (Å²) in [6.07, 6.45) is 3.20. The van der Waals surface area contributed by atoms with Gasteiger partial charge in [-0.2, -0.15) is 4.31 Å². The van der Waals surface area contributed by atoms with Gasteiger partial charge in [-0.1, -0.05) is 6.07 Å². The van der Waals surface area contributed by atoms with E-state index in [-0.39, 0.29) is 30.7 Å². The van der Waals surface area contributed by atoms with E-state index < -0.39 is 10.0 Å². The summed E-state index contributed by atoms with van der Waals surface area (Å²) >= 11 is 0. The number of rotatable bonds is 4. The van der Waals surface area contributed by atoms with Crippen LogP contribution in [0.15, 0.2) is 47.4 Å². The summed E-state index contributed by atoms with van der Waals surface area (Å²) in [5, 5.41) is 0. The normalized spacial score (nSPS) is 18.2. The predicted octanol–water partition coefficient (Wildman–Crippen LogP) is 1.73. The number of benzene rings is 2. The molecule has 168 valence electrons. The van der Waals surface area contributed by atoms with Gasteiger partial charge in [0.25, 0.3) is 0 Å². The van der Waals surface area contributed by atoms with Gasteiger partial charge in [-0.05, 0) is 35.9 Å². The summed E-state index contributed by atoms with van der Waals surface area (Å²) in [4.78, 5) is 14.4. The average molecular weight is 458 g/mol. The second-order valence-corrected chi connectivity index (χ2v) is 9.42. The minimum atomic E-state index is -3.69. The lowest BCUT2D eigenvalue weighted by Crippen LogP contribution is -2.50. The van der Waals surface area contributed by atoms with Gasteiger partial charge in [0.2, 0.25) is 22.7 Å². The van der Waals surface area contributed by atoms with Crippen LogP contribution in [0, 0.1) is 0 Å². The third kappa shape index (κ3) is 3.98. The van der Waals surface area contributed by atoms with Crippen LogP contribution in [0.5, 0.6) is 23.0 Å². The molecular formula is C22H22N2O7S. The van der Waals surface area contributed by atoms with Crippen molar-refractivity contribution in [1.82, 2.24) is 9.21 Å². The number of piperazine rings is 1. The molecule has 10 heteroatoms. The Bertz CT molecular complexity index is 1170. The number of hydrogen-bond donors (Lipinski definition) is 0. The van der Waals surface area contributed by atoms with Gasteiger partial charge in [0.05, 0.1) is 4.90 Å². The molecule has 0 saturated carbocycles. The number of hydrogen-bond acceptors (Lipinski definition) is 7. The lowest BCUT2D eigenvalue weighted by atomic mass is 10.2. The molecule has 32 heavy (non-hydrogen) atoms. The lowest BCUT2D eigenvalue weighted by Gasteiger charge is -2.33. The molecule has 1 saturated heterocycles. The zero-order chi connectivity index (χ0) is 22.1. The molecule has 0 radical (unpaired) electrons. The van der Waals surface area contributed by atoms with Crippen LogP contribution >= 0.6 is 0 Å². The summed E-state index contributed by atoms with van der Waals surface area (Å²) in [6.45, 7) is 2.10.